The quantitative estimate of drug-likeness (QED) is 0.143. The van der Waals surface area contributed by atoms with Crippen LogP contribution < -0.4 is 15.1 Å². The topological polar surface area (TPSA) is 116 Å². The number of carbonyl (C=O) groups excluding carboxylic acids is 4. The second kappa shape index (κ2) is 13.3. The van der Waals surface area contributed by atoms with E-state index >= 15 is 4.79 Å². The number of fused-ring (bicyclic) bond motifs is 4. The Morgan fingerprint density at radius 2 is 1.58 bits per heavy atom. The number of hydrogen-bond donors (Lipinski definition) is 2. The zero-order valence-corrected chi connectivity index (χ0v) is 32.5. The van der Waals surface area contributed by atoms with E-state index in [1.54, 1.807) is 6.07 Å². The number of hydrogen-bond acceptors (Lipinski definition) is 7. The molecule has 270 valence electrons. The number of rotatable bonds is 7. The van der Waals surface area contributed by atoms with Crippen molar-refractivity contribution >= 4 is 66.9 Å². The van der Waals surface area contributed by atoms with Crippen LogP contribution in [0.4, 0.5) is 11.4 Å². The molecule has 2 heterocycles. The minimum absolute atomic E-state index is 0.128. The molecule has 4 amide bonds. The maximum Gasteiger partial charge on any atom is 0.260 e. The van der Waals surface area contributed by atoms with Crippen LogP contribution in [0.3, 0.4) is 0 Å². The Morgan fingerprint density at radius 1 is 0.887 bits per heavy atom. The van der Waals surface area contributed by atoms with Crippen LogP contribution in [0.5, 0.6) is 11.5 Å². The first-order valence-electron chi connectivity index (χ1n) is 17.7. The highest BCUT2D eigenvalue weighted by atomic mass is 79.9. The van der Waals surface area contributed by atoms with E-state index in [0.29, 0.717) is 31.4 Å². The van der Waals surface area contributed by atoms with Gasteiger partial charge in [0.1, 0.15) is 0 Å². The molecule has 9 nitrogen and oxygen atoms in total. The van der Waals surface area contributed by atoms with Crippen LogP contribution in [0.15, 0.2) is 106 Å². The third kappa shape index (κ3) is 5.21. The van der Waals surface area contributed by atoms with Crippen LogP contribution >= 0.6 is 31.9 Å². The molecule has 11 heteroatoms. The van der Waals surface area contributed by atoms with Crippen molar-refractivity contribution in [2.45, 2.75) is 44.4 Å². The number of hydrazine groups is 1. The van der Waals surface area contributed by atoms with E-state index in [0.717, 1.165) is 28.1 Å². The van der Waals surface area contributed by atoms with E-state index in [1.807, 2.05) is 98.8 Å². The number of methoxy groups -OCH3 is 1. The summed E-state index contributed by atoms with van der Waals surface area (Å²) in [6, 6.07) is 25.9. The molecule has 2 aliphatic carbocycles. The molecule has 0 unspecified atom stereocenters. The highest BCUT2D eigenvalue weighted by Crippen LogP contribution is 2.65. The van der Waals surface area contributed by atoms with Gasteiger partial charge in [-0.3, -0.25) is 29.5 Å². The van der Waals surface area contributed by atoms with Crippen molar-refractivity contribution in [1.82, 2.24) is 5.01 Å². The number of benzene rings is 4. The summed E-state index contributed by atoms with van der Waals surface area (Å²) in [5, 5.41) is 12.2. The van der Waals surface area contributed by atoms with E-state index in [9.17, 15) is 19.5 Å². The van der Waals surface area contributed by atoms with Gasteiger partial charge in [0, 0.05) is 10.4 Å². The zero-order chi connectivity index (χ0) is 37.3. The van der Waals surface area contributed by atoms with E-state index in [-0.39, 0.29) is 36.2 Å². The fourth-order valence-electron chi connectivity index (χ4n) is 9.20. The summed E-state index contributed by atoms with van der Waals surface area (Å²) >= 11 is 7.28. The maximum absolute atomic E-state index is 15.4. The Morgan fingerprint density at radius 3 is 2.25 bits per heavy atom. The number of anilines is 2. The first-order valence-corrected chi connectivity index (χ1v) is 19.3. The molecule has 2 N–H and O–H groups in total. The predicted molar refractivity (Wildman–Crippen MR) is 207 cm³/mol. The van der Waals surface area contributed by atoms with E-state index in [2.05, 4.69) is 37.3 Å². The average Bonchev–Trinajstić information content (AvgIpc) is 3.56. The van der Waals surface area contributed by atoms with Gasteiger partial charge in [0.15, 0.2) is 11.5 Å². The summed E-state index contributed by atoms with van der Waals surface area (Å²) in [6.45, 7) is 4.01. The number of nitrogens with one attached hydrogen (secondary N) is 1. The molecule has 4 aromatic rings. The first-order chi connectivity index (χ1) is 25.5. The second-order valence-corrected chi connectivity index (χ2v) is 15.9. The lowest BCUT2D eigenvalue weighted by molar-refractivity contribution is -0.138. The van der Waals surface area contributed by atoms with Gasteiger partial charge in [-0.15, -0.1) is 0 Å². The molecule has 4 aromatic carbocycles. The van der Waals surface area contributed by atoms with Crippen LogP contribution in [0.2, 0.25) is 0 Å². The van der Waals surface area contributed by atoms with Crippen molar-refractivity contribution in [3.63, 3.8) is 0 Å². The Balaban J connectivity index is 1.34. The molecular formula is C42H37Br2N3O6. The number of aryl methyl sites for hydroxylation is 2. The monoisotopic (exact) mass is 837 g/mol. The lowest BCUT2D eigenvalue weighted by atomic mass is 9.49. The summed E-state index contributed by atoms with van der Waals surface area (Å²) in [4.78, 5) is 60.4. The lowest BCUT2D eigenvalue weighted by Crippen LogP contribution is -2.53. The van der Waals surface area contributed by atoms with Crippen LogP contribution in [0.1, 0.15) is 47.9 Å². The predicted octanol–water partition coefficient (Wildman–Crippen LogP) is 7.99. The average molecular weight is 840 g/mol. The van der Waals surface area contributed by atoms with Gasteiger partial charge in [-0.1, -0.05) is 78.7 Å². The molecular weight excluding hydrogens is 802 g/mol. The van der Waals surface area contributed by atoms with Gasteiger partial charge in [0.25, 0.3) is 11.8 Å². The number of carbonyl (C=O) groups is 4. The summed E-state index contributed by atoms with van der Waals surface area (Å²) < 4.78 is 6.44. The molecule has 0 aromatic heterocycles. The lowest BCUT2D eigenvalue weighted by Gasteiger charge is -2.51. The van der Waals surface area contributed by atoms with Gasteiger partial charge in [-0.25, -0.2) is 0 Å². The van der Waals surface area contributed by atoms with E-state index < -0.39 is 46.8 Å². The first kappa shape index (κ1) is 35.3. The molecule has 4 aliphatic rings. The molecule has 0 radical (unpaired) electrons. The van der Waals surface area contributed by atoms with Crippen LogP contribution in [0, 0.1) is 30.6 Å². The molecule has 53 heavy (non-hydrogen) atoms. The van der Waals surface area contributed by atoms with Gasteiger partial charge in [0.2, 0.25) is 11.8 Å². The van der Waals surface area contributed by atoms with Gasteiger partial charge in [-0.05, 0) is 111 Å². The van der Waals surface area contributed by atoms with Crippen molar-refractivity contribution in [1.29, 1.82) is 0 Å². The minimum atomic E-state index is -1.48. The fraction of sp³-hybridized carbons (Fsp3) is 0.286. The molecule has 0 bridgehead atoms. The maximum atomic E-state index is 15.4. The Hall–Kier alpha value is -4.74. The molecule has 2 aliphatic heterocycles. The molecule has 1 saturated carbocycles. The number of nitrogens with zero attached hydrogens (tertiary/aromatic N) is 2. The number of phenols is 1. The summed E-state index contributed by atoms with van der Waals surface area (Å²) in [6.07, 6.45) is 3.30. The number of ether oxygens (including phenoxy) is 1. The Labute approximate surface area is 324 Å². The molecule has 8 rings (SSSR count). The SMILES string of the molecule is CCc1ccc(N2C(=O)[C@H]3[C@H](CC=C4[C@H]3C[C@H]3C(=O)N(Nc5ccc(C)cc5)C(=O)[C@@]3(c3ccccc3)[C@H]4c3cc(OC)c(O)c(Br)c3Br)C2=O)cc1. The van der Waals surface area contributed by atoms with Crippen molar-refractivity contribution < 1.29 is 29.0 Å². The van der Waals surface area contributed by atoms with Crippen LogP contribution in [-0.2, 0) is 31.0 Å². The Kier molecular flexibility index (Phi) is 8.85. The fourth-order valence-corrected chi connectivity index (χ4v) is 10.2. The highest BCUT2D eigenvalue weighted by Gasteiger charge is 2.70. The zero-order valence-electron chi connectivity index (χ0n) is 29.3. The smallest absolute Gasteiger partial charge is 0.260 e. The number of imide groups is 2. The number of phenolic OH excluding ortho intramolecular Hbond substituents is 1. The van der Waals surface area contributed by atoms with E-state index in [1.165, 1.54) is 12.0 Å². The molecule has 2 saturated heterocycles. The molecule has 6 atom stereocenters. The number of allylic oxidation sites excluding steroid dienone is 2. The third-order valence-electron chi connectivity index (χ3n) is 11.7. The van der Waals surface area contributed by atoms with Crippen molar-refractivity contribution in [3.8, 4) is 11.5 Å². The highest BCUT2D eigenvalue weighted by molar-refractivity contribution is 9.13. The minimum Gasteiger partial charge on any atom is -0.503 e. The van der Waals surface area contributed by atoms with Crippen LogP contribution in [0.25, 0.3) is 0 Å². The summed E-state index contributed by atoms with van der Waals surface area (Å²) in [5.41, 5.74) is 6.91. The van der Waals surface area contributed by atoms with Crippen LogP contribution in [-0.4, -0.2) is 40.9 Å². The standard InChI is InChI=1S/C42H37Br2N3O6/c1-4-23-12-16-26(17-13-23)46-38(49)28-19-18-27-29(33(28)40(46)51)20-31-39(50)47(45-25-14-10-22(2)11-15-25)41(52)42(31,24-8-6-5-7-9-24)34(27)30-21-32(53-3)37(48)36(44)35(30)43/h5-18,21,28-29,31,33-34,45,48H,4,19-20H2,1-3H3/t28-,29+,31-,33-,34+,42+/m0/s1. The van der Waals surface area contributed by atoms with E-state index in [4.69, 9.17) is 4.74 Å². The van der Waals surface area contributed by atoms with Crippen molar-refractivity contribution in [2.75, 3.05) is 17.4 Å². The summed E-state index contributed by atoms with van der Waals surface area (Å²) in [7, 11) is 1.45. The van der Waals surface area contributed by atoms with Gasteiger partial charge < -0.3 is 9.84 Å². The Bertz CT molecular complexity index is 2210. The van der Waals surface area contributed by atoms with Gasteiger partial charge in [-0.2, -0.15) is 5.01 Å². The summed E-state index contributed by atoms with van der Waals surface area (Å²) in [5.74, 6) is -5.02. The molecule has 3 fully saturated rings. The second-order valence-electron chi connectivity index (χ2n) is 14.3. The normalized spacial score (nSPS) is 26.3. The third-order valence-corrected chi connectivity index (χ3v) is 13.9. The number of halogens is 2. The van der Waals surface area contributed by atoms with Crippen molar-refractivity contribution in [2.24, 2.45) is 23.7 Å². The largest absolute Gasteiger partial charge is 0.503 e. The number of aromatic hydroxyl groups is 1. The van der Waals surface area contributed by atoms with Crippen molar-refractivity contribution in [3.05, 3.63) is 128 Å². The molecule has 0 spiro atoms. The van der Waals surface area contributed by atoms with Gasteiger partial charge >= 0.3 is 0 Å². The van der Waals surface area contributed by atoms with Gasteiger partial charge in [0.05, 0.1) is 46.1 Å². The number of amides is 4.